The number of nitrogens with one attached hydrogen (secondary N) is 2. The summed E-state index contributed by atoms with van der Waals surface area (Å²) in [6.07, 6.45) is 1.13. The molecule has 0 radical (unpaired) electrons. The van der Waals surface area contributed by atoms with E-state index in [2.05, 4.69) is 36.6 Å². The van der Waals surface area contributed by atoms with E-state index >= 15 is 0 Å². The van der Waals surface area contributed by atoms with E-state index < -0.39 is 0 Å². The van der Waals surface area contributed by atoms with E-state index in [-0.39, 0.29) is 12.1 Å². The van der Waals surface area contributed by atoms with Crippen LogP contribution in [0.15, 0.2) is 24.3 Å². The van der Waals surface area contributed by atoms with Crippen molar-refractivity contribution in [3.63, 3.8) is 0 Å². The number of carbonyl (C=O) groups is 1. The third-order valence-corrected chi connectivity index (χ3v) is 2.77. The van der Waals surface area contributed by atoms with Crippen LogP contribution >= 0.6 is 0 Å². The van der Waals surface area contributed by atoms with Crippen LogP contribution in [0.25, 0.3) is 0 Å². The van der Waals surface area contributed by atoms with Gasteiger partial charge in [0.15, 0.2) is 0 Å². The SMILES string of the molecule is CC[C@@H](C)c1ccc(NC(=O)NC(C)C)cc1. The summed E-state index contributed by atoms with van der Waals surface area (Å²) >= 11 is 0. The number of benzene rings is 1. The quantitative estimate of drug-likeness (QED) is 0.818. The van der Waals surface area contributed by atoms with Gasteiger partial charge in [-0.05, 0) is 43.9 Å². The van der Waals surface area contributed by atoms with E-state index in [1.54, 1.807) is 0 Å². The van der Waals surface area contributed by atoms with Gasteiger partial charge in [0, 0.05) is 11.7 Å². The number of hydrogen-bond donors (Lipinski definition) is 2. The van der Waals surface area contributed by atoms with Crippen LogP contribution in [-0.4, -0.2) is 12.1 Å². The molecular weight excluding hydrogens is 212 g/mol. The first-order valence-electron chi connectivity index (χ1n) is 6.20. The first kappa shape index (κ1) is 13.6. The summed E-state index contributed by atoms with van der Waals surface area (Å²) in [6, 6.07) is 8.02. The van der Waals surface area contributed by atoms with Crippen molar-refractivity contribution in [2.45, 2.75) is 46.1 Å². The molecule has 0 fully saturated rings. The molecule has 1 rings (SSSR count). The van der Waals surface area contributed by atoms with Gasteiger partial charge in [0.05, 0.1) is 0 Å². The van der Waals surface area contributed by atoms with Gasteiger partial charge < -0.3 is 10.6 Å². The summed E-state index contributed by atoms with van der Waals surface area (Å²) in [4.78, 5) is 11.5. The first-order valence-corrected chi connectivity index (χ1v) is 6.20. The van der Waals surface area contributed by atoms with Crippen LogP contribution in [0, 0.1) is 0 Å². The second-order valence-electron chi connectivity index (χ2n) is 4.68. The monoisotopic (exact) mass is 234 g/mol. The number of carbonyl (C=O) groups excluding carboxylic acids is 1. The fourth-order valence-corrected chi connectivity index (χ4v) is 1.56. The van der Waals surface area contributed by atoms with Gasteiger partial charge in [0.25, 0.3) is 0 Å². The normalized spacial score (nSPS) is 12.3. The Bertz CT molecular complexity index is 357. The molecule has 0 unspecified atom stereocenters. The van der Waals surface area contributed by atoms with Crippen LogP contribution in [0.1, 0.15) is 45.6 Å². The molecule has 17 heavy (non-hydrogen) atoms. The summed E-state index contributed by atoms with van der Waals surface area (Å²) in [5.74, 6) is 0.563. The minimum atomic E-state index is -0.156. The Morgan fingerprint density at radius 3 is 2.24 bits per heavy atom. The topological polar surface area (TPSA) is 41.1 Å². The number of urea groups is 1. The molecule has 0 saturated carbocycles. The zero-order valence-corrected chi connectivity index (χ0v) is 11.1. The molecule has 0 aliphatic carbocycles. The Kier molecular flexibility index (Phi) is 5.01. The smallest absolute Gasteiger partial charge is 0.319 e. The molecule has 0 saturated heterocycles. The Morgan fingerprint density at radius 2 is 1.76 bits per heavy atom. The summed E-state index contributed by atoms with van der Waals surface area (Å²) in [5, 5.41) is 5.60. The third-order valence-electron chi connectivity index (χ3n) is 2.77. The van der Waals surface area contributed by atoms with Gasteiger partial charge >= 0.3 is 6.03 Å². The highest BCUT2D eigenvalue weighted by molar-refractivity contribution is 5.89. The summed E-state index contributed by atoms with van der Waals surface area (Å²) in [5.41, 5.74) is 2.14. The minimum Gasteiger partial charge on any atom is -0.336 e. The Balaban J connectivity index is 2.59. The molecule has 2 amide bonds. The Labute approximate surface area is 104 Å². The maximum Gasteiger partial charge on any atom is 0.319 e. The molecule has 1 aromatic carbocycles. The molecule has 0 heterocycles. The van der Waals surface area contributed by atoms with Crippen LogP contribution in [-0.2, 0) is 0 Å². The molecule has 0 aliphatic rings. The minimum absolute atomic E-state index is 0.148. The van der Waals surface area contributed by atoms with Crippen molar-refractivity contribution in [1.82, 2.24) is 5.32 Å². The van der Waals surface area contributed by atoms with Gasteiger partial charge in [-0.3, -0.25) is 0 Å². The van der Waals surface area contributed by atoms with E-state index in [0.717, 1.165) is 12.1 Å². The summed E-state index contributed by atoms with van der Waals surface area (Å²) in [7, 11) is 0. The lowest BCUT2D eigenvalue weighted by atomic mass is 9.99. The van der Waals surface area contributed by atoms with Crippen LogP contribution < -0.4 is 10.6 Å². The standard InChI is InChI=1S/C14H22N2O/c1-5-11(4)12-6-8-13(9-7-12)16-14(17)15-10(2)3/h6-11H,5H2,1-4H3,(H2,15,16,17)/t11-/m1/s1. The lowest BCUT2D eigenvalue weighted by molar-refractivity contribution is 0.250. The fourth-order valence-electron chi connectivity index (χ4n) is 1.56. The molecule has 1 aromatic rings. The van der Waals surface area contributed by atoms with Crippen LogP contribution in [0.5, 0.6) is 0 Å². The largest absolute Gasteiger partial charge is 0.336 e. The van der Waals surface area contributed by atoms with Crippen molar-refractivity contribution in [1.29, 1.82) is 0 Å². The summed E-state index contributed by atoms with van der Waals surface area (Å²) in [6.45, 7) is 8.25. The van der Waals surface area contributed by atoms with Crippen molar-refractivity contribution in [2.24, 2.45) is 0 Å². The average Bonchev–Trinajstić information content (AvgIpc) is 2.28. The highest BCUT2D eigenvalue weighted by Crippen LogP contribution is 2.20. The van der Waals surface area contributed by atoms with Crippen molar-refractivity contribution in [3.8, 4) is 0 Å². The molecule has 94 valence electrons. The van der Waals surface area contributed by atoms with Gasteiger partial charge in [-0.25, -0.2) is 4.79 Å². The number of amides is 2. The molecule has 2 N–H and O–H groups in total. The summed E-state index contributed by atoms with van der Waals surface area (Å²) < 4.78 is 0. The van der Waals surface area contributed by atoms with Crippen LogP contribution in [0.2, 0.25) is 0 Å². The third kappa shape index (κ3) is 4.47. The molecule has 3 nitrogen and oxygen atoms in total. The van der Waals surface area contributed by atoms with E-state index in [1.165, 1.54) is 5.56 Å². The predicted molar refractivity (Wildman–Crippen MR) is 72.4 cm³/mol. The first-order chi connectivity index (χ1) is 8.02. The zero-order chi connectivity index (χ0) is 12.8. The van der Waals surface area contributed by atoms with E-state index in [0.29, 0.717) is 5.92 Å². The van der Waals surface area contributed by atoms with E-state index in [1.807, 2.05) is 26.0 Å². The van der Waals surface area contributed by atoms with Crippen LogP contribution in [0.4, 0.5) is 10.5 Å². The average molecular weight is 234 g/mol. The predicted octanol–water partition coefficient (Wildman–Crippen LogP) is 3.73. The maximum absolute atomic E-state index is 11.5. The van der Waals surface area contributed by atoms with Crippen molar-refractivity contribution < 1.29 is 4.79 Å². The second-order valence-corrected chi connectivity index (χ2v) is 4.68. The highest BCUT2D eigenvalue weighted by atomic mass is 16.2. The maximum atomic E-state index is 11.5. The molecule has 3 heteroatoms. The van der Waals surface area contributed by atoms with Crippen molar-refractivity contribution in [3.05, 3.63) is 29.8 Å². The number of anilines is 1. The molecule has 0 aromatic heterocycles. The Morgan fingerprint density at radius 1 is 1.18 bits per heavy atom. The number of hydrogen-bond acceptors (Lipinski definition) is 1. The molecule has 0 bridgehead atoms. The Hall–Kier alpha value is -1.51. The molecular formula is C14H22N2O. The highest BCUT2D eigenvalue weighted by Gasteiger charge is 2.05. The van der Waals surface area contributed by atoms with Gasteiger partial charge in [-0.1, -0.05) is 26.0 Å². The van der Waals surface area contributed by atoms with E-state index in [9.17, 15) is 4.79 Å². The molecule has 0 spiro atoms. The van der Waals surface area contributed by atoms with E-state index in [4.69, 9.17) is 0 Å². The molecule has 0 aliphatic heterocycles. The zero-order valence-electron chi connectivity index (χ0n) is 11.1. The van der Waals surface area contributed by atoms with Crippen LogP contribution in [0.3, 0.4) is 0 Å². The lowest BCUT2D eigenvalue weighted by Gasteiger charge is -2.12. The van der Waals surface area contributed by atoms with Crippen molar-refractivity contribution in [2.75, 3.05) is 5.32 Å². The fraction of sp³-hybridized carbons (Fsp3) is 0.500. The van der Waals surface area contributed by atoms with Gasteiger partial charge in [0.2, 0.25) is 0 Å². The number of rotatable bonds is 4. The second kappa shape index (κ2) is 6.28. The van der Waals surface area contributed by atoms with Crippen molar-refractivity contribution >= 4 is 11.7 Å². The van der Waals surface area contributed by atoms with Gasteiger partial charge in [-0.15, -0.1) is 0 Å². The molecule has 1 atom stereocenters. The van der Waals surface area contributed by atoms with Gasteiger partial charge in [0.1, 0.15) is 0 Å². The lowest BCUT2D eigenvalue weighted by Crippen LogP contribution is -2.34. The van der Waals surface area contributed by atoms with Gasteiger partial charge in [-0.2, -0.15) is 0 Å².